The summed E-state index contributed by atoms with van der Waals surface area (Å²) in [6.45, 7) is 7.90. The first-order valence-electron chi connectivity index (χ1n) is 11.1. The quantitative estimate of drug-likeness (QED) is 0.323. The maximum atomic E-state index is 12.4. The number of hydrogen-bond acceptors (Lipinski definition) is 7. The van der Waals surface area contributed by atoms with E-state index in [0.29, 0.717) is 16.1 Å². The van der Waals surface area contributed by atoms with Gasteiger partial charge in [0.1, 0.15) is 6.61 Å². The van der Waals surface area contributed by atoms with E-state index in [9.17, 15) is 9.59 Å². The molecule has 0 atom stereocenters. The van der Waals surface area contributed by atoms with E-state index in [2.05, 4.69) is 5.32 Å². The minimum absolute atomic E-state index is 0.0543. The van der Waals surface area contributed by atoms with Crippen LogP contribution in [0.5, 0.6) is 0 Å². The van der Waals surface area contributed by atoms with Gasteiger partial charge in [0.2, 0.25) is 0 Å². The number of nitrogens with one attached hydrogen (secondary N) is 1. The molecule has 3 rings (SSSR count). The van der Waals surface area contributed by atoms with Crippen molar-refractivity contribution >= 4 is 42.5 Å². The van der Waals surface area contributed by atoms with Crippen molar-refractivity contribution in [2.45, 2.75) is 45.5 Å². The molecule has 0 spiro atoms. The van der Waals surface area contributed by atoms with Gasteiger partial charge < -0.3 is 29.8 Å². The first-order valence-corrected chi connectivity index (χ1v) is 11.5. The number of halogens is 1. The fourth-order valence-electron chi connectivity index (χ4n) is 3.35. The lowest BCUT2D eigenvalue weighted by Crippen LogP contribution is -2.41. The van der Waals surface area contributed by atoms with Crippen LogP contribution in [0.15, 0.2) is 47.9 Å². The van der Waals surface area contributed by atoms with Crippen LogP contribution in [0.1, 0.15) is 49.2 Å². The molecule has 0 bridgehead atoms. The Bertz CT molecular complexity index is 1100. The molecule has 0 aromatic heterocycles. The van der Waals surface area contributed by atoms with Crippen LogP contribution >= 0.6 is 11.6 Å². The second-order valence-electron chi connectivity index (χ2n) is 9.18. The number of nitrogens with two attached hydrogens (primary N) is 1. The van der Waals surface area contributed by atoms with Crippen molar-refractivity contribution in [2.24, 2.45) is 0 Å². The van der Waals surface area contributed by atoms with Crippen LogP contribution < -0.4 is 11.1 Å². The largest absolute Gasteiger partial charge is 0.492 e. The zero-order chi connectivity index (χ0) is 25.8. The first kappa shape index (κ1) is 26.6. The fourth-order valence-corrected chi connectivity index (χ4v) is 3.57. The number of amides is 1. The molecule has 1 aliphatic heterocycles. The summed E-state index contributed by atoms with van der Waals surface area (Å²) >= 11 is 6.42. The van der Waals surface area contributed by atoms with E-state index >= 15 is 0 Å². The molecule has 2 aromatic carbocycles. The van der Waals surface area contributed by atoms with Gasteiger partial charge in [0, 0.05) is 17.3 Å². The van der Waals surface area contributed by atoms with E-state index in [-0.39, 0.29) is 24.4 Å². The van der Waals surface area contributed by atoms with Gasteiger partial charge >= 0.3 is 19.2 Å². The number of benzene rings is 2. The standard InChI is InChI=1S/C25H30BClN2O6/c1-24(2)25(3,4)35-26(34-24)18(14-29-23(31)33-15-16-9-7-6-8-10-16)11-17-12-19(22(30)32-5)21(28)13-20(17)27/h6-13H,14-15,28H2,1-5H3,(H,29,31). The average molecular weight is 501 g/mol. The van der Waals surface area contributed by atoms with Crippen molar-refractivity contribution in [3.63, 3.8) is 0 Å². The van der Waals surface area contributed by atoms with Gasteiger partial charge in [-0.05, 0) is 56.4 Å². The number of ether oxygens (including phenoxy) is 2. The van der Waals surface area contributed by atoms with Crippen LogP contribution in [0.4, 0.5) is 10.5 Å². The molecule has 1 heterocycles. The molecular formula is C25H30BClN2O6. The third kappa shape index (κ3) is 6.36. The van der Waals surface area contributed by atoms with Gasteiger partial charge in [0.25, 0.3) is 0 Å². The summed E-state index contributed by atoms with van der Waals surface area (Å²) in [5.74, 6) is -0.589. The highest BCUT2D eigenvalue weighted by Crippen LogP contribution is 2.39. The van der Waals surface area contributed by atoms with Crippen LogP contribution in [-0.2, 0) is 25.4 Å². The summed E-state index contributed by atoms with van der Waals surface area (Å²) in [4.78, 5) is 24.5. The van der Waals surface area contributed by atoms with Crippen molar-refractivity contribution in [3.8, 4) is 0 Å². The number of alkyl carbamates (subject to hydrolysis) is 1. The van der Waals surface area contributed by atoms with Crippen molar-refractivity contribution in [2.75, 3.05) is 19.4 Å². The Balaban J connectivity index is 1.86. The minimum Gasteiger partial charge on any atom is -0.465 e. The molecule has 10 heteroatoms. The van der Waals surface area contributed by atoms with E-state index in [0.717, 1.165) is 5.56 Å². The monoisotopic (exact) mass is 500 g/mol. The zero-order valence-electron chi connectivity index (χ0n) is 20.5. The highest BCUT2D eigenvalue weighted by atomic mass is 35.5. The molecule has 1 fully saturated rings. The van der Waals surface area contributed by atoms with Crippen molar-refractivity contribution < 1.29 is 28.4 Å². The molecule has 8 nitrogen and oxygen atoms in total. The molecule has 0 saturated carbocycles. The summed E-state index contributed by atoms with van der Waals surface area (Å²) < 4.78 is 22.5. The van der Waals surface area contributed by atoms with Crippen LogP contribution in [0.2, 0.25) is 5.02 Å². The summed E-state index contributed by atoms with van der Waals surface area (Å²) in [5, 5.41) is 3.05. The zero-order valence-corrected chi connectivity index (χ0v) is 21.3. The van der Waals surface area contributed by atoms with Crippen molar-refractivity contribution in [1.29, 1.82) is 0 Å². The van der Waals surface area contributed by atoms with E-state index < -0.39 is 30.4 Å². The van der Waals surface area contributed by atoms with E-state index in [1.165, 1.54) is 19.2 Å². The highest BCUT2D eigenvalue weighted by Gasteiger charge is 2.52. The number of anilines is 1. The lowest BCUT2D eigenvalue weighted by molar-refractivity contribution is 0.00578. The minimum atomic E-state index is -0.774. The predicted molar refractivity (Wildman–Crippen MR) is 136 cm³/mol. The Morgan fingerprint density at radius 1 is 1.11 bits per heavy atom. The third-order valence-corrected chi connectivity index (χ3v) is 6.45. The predicted octanol–water partition coefficient (Wildman–Crippen LogP) is 4.65. The molecule has 3 N–H and O–H groups in total. The van der Waals surface area contributed by atoms with E-state index in [1.807, 2.05) is 58.0 Å². The summed E-state index contributed by atoms with van der Waals surface area (Å²) in [7, 11) is 0.497. The maximum absolute atomic E-state index is 12.4. The molecular weight excluding hydrogens is 471 g/mol. The molecule has 0 radical (unpaired) electrons. The molecule has 0 unspecified atom stereocenters. The number of hydrogen-bond donors (Lipinski definition) is 2. The van der Waals surface area contributed by atoms with E-state index in [1.54, 1.807) is 6.08 Å². The molecule has 35 heavy (non-hydrogen) atoms. The second-order valence-corrected chi connectivity index (χ2v) is 9.58. The van der Waals surface area contributed by atoms with Crippen molar-refractivity contribution in [3.05, 3.63) is 69.7 Å². The van der Waals surface area contributed by atoms with Gasteiger partial charge in [-0.25, -0.2) is 9.59 Å². The van der Waals surface area contributed by atoms with Crippen LogP contribution in [0, 0.1) is 0 Å². The summed E-state index contributed by atoms with van der Waals surface area (Å²) in [6.07, 6.45) is 1.10. The Morgan fingerprint density at radius 2 is 1.74 bits per heavy atom. The molecule has 1 amide bonds. The molecule has 0 aliphatic carbocycles. The van der Waals surface area contributed by atoms with Crippen LogP contribution in [0.25, 0.3) is 6.08 Å². The number of carbonyl (C=O) groups is 2. The second kappa shape index (κ2) is 10.7. The molecule has 1 saturated heterocycles. The van der Waals surface area contributed by atoms with Gasteiger partial charge in [0.15, 0.2) is 0 Å². The van der Waals surface area contributed by atoms with Gasteiger partial charge in [-0.15, -0.1) is 0 Å². The topological polar surface area (TPSA) is 109 Å². The number of nitrogen functional groups attached to an aromatic ring is 1. The number of carbonyl (C=O) groups excluding carboxylic acids is 2. The fraction of sp³-hybridized carbons (Fsp3) is 0.360. The van der Waals surface area contributed by atoms with Gasteiger partial charge in [-0.1, -0.05) is 48.0 Å². The summed E-state index contributed by atoms with van der Waals surface area (Å²) in [6, 6.07) is 12.4. The molecule has 186 valence electrons. The number of methoxy groups -OCH3 is 1. The summed E-state index contributed by atoms with van der Waals surface area (Å²) in [5.41, 5.74) is 7.03. The van der Waals surface area contributed by atoms with Crippen molar-refractivity contribution in [1.82, 2.24) is 5.32 Å². The Hall–Kier alpha value is -3.01. The Morgan fingerprint density at radius 3 is 2.34 bits per heavy atom. The van der Waals surface area contributed by atoms with Gasteiger partial charge in [-0.2, -0.15) is 0 Å². The van der Waals surface area contributed by atoms with Crippen LogP contribution in [-0.4, -0.2) is 44.0 Å². The average Bonchev–Trinajstić information content (AvgIpc) is 3.03. The third-order valence-electron chi connectivity index (χ3n) is 6.12. The lowest BCUT2D eigenvalue weighted by Gasteiger charge is -2.32. The Labute approximate surface area is 210 Å². The van der Waals surface area contributed by atoms with Gasteiger partial charge in [0.05, 0.1) is 23.9 Å². The SMILES string of the molecule is COC(=O)c1cc(C=C(CNC(=O)OCc2ccccc2)B2OC(C)(C)C(C)(C)O2)c(Cl)cc1N. The highest BCUT2D eigenvalue weighted by molar-refractivity contribution is 6.56. The number of esters is 1. The maximum Gasteiger partial charge on any atom is 0.492 e. The van der Waals surface area contributed by atoms with Gasteiger partial charge in [-0.3, -0.25) is 0 Å². The van der Waals surface area contributed by atoms with E-state index in [4.69, 9.17) is 36.1 Å². The first-order chi connectivity index (χ1) is 16.4. The lowest BCUT2D eigenvalue weighted by atomic mass is 9.77. The molecule has 2 aromatic rings. The molecule has 1 aliphatic rings. The Kier molecular flexibility index (Phi) is 8.15. The normalized spacial score (nSPS) is 16.6. The van der Waals surface area contributed by atoms with Crippen LogP contribution in [0.3, 0.4) is 0 Å². The number of rotatable bonds is 7. The smallest absolute Gasteiger partial charge is 0.465 e.